The Kier molecular flexibility index (Phi) is 2.75. The zero-order valence-corrected chi connectivity index (χ0v) is 11.4. The molecule has 3 rings (SSSR count). The van der Waals surface area contributed by atoms with E-state index in [0.29, 0.717) is 0 Å². The van der Waals surface area contributed by atoms with Gasteiger partial charge >= 0.3 is 0 Å². The summed E-state index contributed by atoms with van der Waals surface area (Å²) in [6.45, 7) is 2.11. The van der Waals surface area contributed by atoms with Crippen molar-refractivity contribution >= 4 is 28.7 Å². The Bertz CT molecular complexity index is 614. The third kappa shape index (κ3) is 1.55. The minimum absolute atomic E-state index is 0.00820. The molecule has 0 spiro atoms. The lowest BCUT2D eigenvalue weighted by atomic mass is 9.65. The van der Waals surface area contributed by atoms with Crippen molar-refractivity contribution in [2.24, 2.45) is 0 Å². The molecule has 0 atom stereocenters. The van der Waals surface area contributed by atoms with Gasteiger partial charge in [-0.25, -0.2) is 13.9 Å². The minimum atomic E-state index is -0.383. The van der Waals surface area contributed by atoms with E-state index in [1.165, 1.54) is 10.6 Å². The summed E-state index contributed by atoms with van der Waals surface area (Å²) in [6.07, 6.45) is 4.22. The van der Waals surface area contributed by atoms with Crippen molar-refractivity contribution in [3.8, 4) is 0 Å². The molecular formula is C12H12Cl2FN3. The summed E-state index contributed by atoms with van der Waals surface area (Å²) < 4.78 is 15.5. The Balaban J connectivity index is 2.31. The normalized spacial score (nSPS) is 18.0. The second kappa shape index (κ2) is 4.07. The van der Waals surface area contributed by atoms with Crippen LogP contribution in [-0.2, 0) is 5.41 Å². The molecule has 0 N–H and O–H groups in total. The molecule has 0 aromatic carbocycles. The van der Waals surface area contributed by atoms with Gasteiger partial charge in [0.25, 0.3) is 0 Å². The van der Waals surface area contributed by atoms with Crippen LogP contribution in [0.5, 0.6) is 0 Å². The molecule has 0 unspecified atom stereocenters. The fourth-order valence-electron chi connectivity index (χ4n) is 2.77. The van der Waals surface area contributed by atoms with Gasteiger partial charge in [-0.2, -0.15) is 0 Å². The van der Waals surface area contributed by atoms with Crippen LogP contribution >= 0.6 is 23.2 Å². The van der Waals surface area contributed by atoms with Gasteiger partial charge in [-0.1, -0.05) is 24.9 Å². The van der Waals surface area contributed by atoms with E-state index in [1.54, 1.807) is 0 Å². The van der Waals surface area contributed by atoms with Crippen LogP contribution in [0.3, 0.4) is 0 Å². The van der Waals surface area contributed by atoms with E-state index in [2.05, 4.69) is 17.0 Å². The van der Waals surface area contributed by atoms with E-state index in [0.717, 1.165) is 31.4 Å². The highest BCUT2D eigenvalue weighted by atomic mass is 35.5. The summed E-state index contributed by atoms with van der Waals surface area (Å²) in [5, 5.41) is 4.20. The average Bonchev–Trinajstić information content (AvgIpc) is 2.56. The molecule has 0 aliphatic heterocycles. The first-order valence-corrected chi connectivity index (χ1v) is 6.74. The summed E-state index contributed by atoms with van der Waals surface area (Å²) in [6, 6.07) is 1.52. The molecule has 0 saturated heterocycles. The van der Waals surface area contributed by atoms with Crippen molar-refractivity contribution in [2.75, 3.05) is 0 Å². The monoisotopic (exact) mass is 287 g/mol. The summed E-state index contributed by atoms with van der Waals surface area (Å²) in [5.41, 5.74) is 1.08. The molecule has 96 valence electrons. The van der Waals surface area contributed by atoms with Crippen molar-refractivity contribution in [1.82, 2.24) is 14.6 Å². The van der Waals surface area contributed by atoms with Crippen LogP contribution in [0.15, 0.2) is 6.07 Å². The Hall–Kier alpha value is -0.870. The molecule has 2 aromatic heterocycles. The van der Waals surface area contributed by atoms with E-state index in [4.69, 9.17) is 23.2 Å². The van der Waals surface area contributed by atoms with Gasteiger partial charge in [0, 0.05) is 5.41 Å². The maximum atomic E-state index is 14.0. The highest BCUT2D eigenvalue weighted by Crippen LogP contribution is 2.47. The molecule has 1 aliphatic rings. The fourth-order valence-corrected chi connectivity index (χ4v) is 3.23. The van der Waals surface area contributed by atoms with Crippen LogP contribution in [0.25, 0.3) is 5.52 Å². The van der Waals surface area contributed by atoms with Crippen LogP contribution in [-0.4, -0.2) is 14.6 Å². The second-order valence-electron chi connectivity index (χ2n) is 4.80. The van der Waals surface area contributed by atoms with Gasteiger partial charge in [-0.3, -0.25) is 0 Å². The van der Waals surface area contributed by atoms with Crippen molar-refractivity contribution < 1.29 is 4.39 Å². The SMILES string of the molecule is CCC1(c2cc(F)c3c(Cl)nc(Cl)nn23)CCC1. The highest BCUT2D eigenvalue weighted by Gasteiger charge is 2.40. The van der Waals surface area contributed by atoms with Gasteiger partial charge in [0.05, 0.1) is 5.69 Å². The van der Waals surface area contributed by atoms with Gasteiger partial charge < -0.3 is 0 Å². The van der Waals surface area contributed by atoms with Crippen LogP contribution in [0, 0.1) is 5.82 Å². The van der Waals surface area contributed by atoms with Crippen LogP contribution < -0.4 is 0 Å². The van der Waals surface area contributed by atoms with E-state index < -0.39 is 0 Å². The largest absolute Gasteiger partial charge is 0.242 e. The van der Waals surface area contributed by atoms with Crippen LogP contribution in [0.2, 0.25) is 10.4 Å². The predicted octanol–water partition coefficient (Wildman–Crippen LogP) is 4.01. The fraction of sp³-hybridized carbons (Fsp3) is 0.500. The minimum Gasteiger partial charge on any atom is -0.228 e. The Labute approximate surface area is 114 Å². The molecule has 18 heavy (non-hydrogen) atoms. The van der Waals surface area contributed by atoms with Crippen LogP contribution in [0.4, 0.5) is 4.39 Å². The highest BCUT2D eigenvalue weighted by molar-refractivity contribution is 6.34. The number of rotatable bonds is 2. The standard InChI is InChI=1S/C12H12Cl2FN3/c1-2-12(4-3-5-12)8-6-7(15)9-10(13)16-11(14)17-18(8)9/h6H,2-5H2,1H3. The van der Waals surface area contributed by atoms with Gasteiger partial charge in [0.2, 0.25) is 5.28 Å². The van der Waals surface area contributed by atoms with E-state index in [1.807, 2.05) is 0 Å². The molecule has 0 amide bonds. The van der Waals surface area contributed by atoms with Gasteiger partial charge in [0.15, 0.2) is 11.0 Å². The number of hydrogen-bond acceptors (Lipinski definition) is 2. The molecule has 1 aliphatic carbocycles. The molecule has 1 fully saturated rings. The average molecular weight is 288 g/mol. The maximum Gasteiger partial charge on any atom is 0.242 e. The van der Waals surface area contributed by atoms with Gasteiger partial charge in [-0.15, -0.1) is 5.10 Å². The molecule has 6 heteroatoms. The molecule has 2 heterocycles. The van der Waals surface area contributed by atoms with Crippen molar-refractivity contribution in [2.45, 2.75) is 38.0 Å². The molecule has 0 bridgehead atoms. The van der Waals surface area contributed by atoms with Gasteiger partial charge in [0.1, 0.15) is 5.52 Å². The third-order valence-corrected chi connectivity index (χ3v) is 4.45. The molecule has 0 radical (unpaired) electrons. The number of halogens is 3. The molecular weight excluding hydrogens is 276 g/mol. The Morgan fingerprint density at radius 3 is 2.72 bits per heavy atom. The zero-order chi connectivity index (χ0) is 12.9. The maximum absolute atomic E-state index is 14.0. The number of hydrogen-bond donors (Lipinski definition) is 0. The third-order valence-electron chi connectivity index (χ3n) is 4.03. The van der Waals surface area contributed by atoms with Crippen molar-refractivity contribution in [3.05, 3.63) is 28.0 Å². The summed E-state index contributed by atoms with van der Waals surface area (Å²) in [7, 11) is 0. The number of fused-ring (bicyclic) bond motifs is 1. The first-order valence-electron chi connectivity index (χ1n) is 5.98. The smallest absolute Gasteiger partial charge is 0.228 e. The molecule has 2 aromatic rings. The molecule has 3 nitrogen and oxygen atoms in total. The topological polar surface area (TPSA) is 30.2 Å². The van der Waals surface area contributed by atoms with E-state index >= 15 is 0 Å². The number of nitrogens with zero attached hydrogens (tertiary/aromatic N) is 3. The first kappa shape index (κ1) is 12.2. The van der Waals surface area contributed by atoms with Crippen LogP contribution in [0.1, 0.15) is 38.3 Å². The lowest BCUT2D eigenvalue weighted by Crippen LogP contribution is -2.35. The predicted molar refractivity (Wildman–Crippen MR) is 68.8 cm³/mol. The molecule has 1 saturated carbocycles. The second-order valence-corrected chi connectivity index (χ2v) is 5.49. The summed E-state index contributed by atoms with van der Waals surface area (Å²) >= 11 is 11.7. The van der Waals surface area contributed by atoms with Gasteiger partial charge in [-0.05, 0) is 36.9 Å². The summed E-state index contributed by atoms with van der Waals surface area (Å²) in [4.78, 5) is 3.79. The summed E-state index contributed by atoms with van der Waals surface area (Å²) in [5.74, 6) is -0.383. The van der Waals surface area contributed by atoms with Crippen molar-refractivity contribution in [1.29, 1.82) is 0 Å². The van der Waals surface area contributed by atoms with E-state index in [-0.39, 0.29) is 27.2 Å². The first-order chi connectivity index (χ1) is 8.57. The van der Waals surface area contributed by atoms with E-state index in [9.17, 15) is 4.39 Å². The number of aromatic nitrogens is 3. The van der Waals surface area contributed by atoms with Crippen molar-refractivity contribution in [3.63, 3.8) is 0 Å². The Morgan fingerprint density at radius 1 is 1.44 bits per heavy atom. The lowest BCUT2D eigenvalue weighted by molar-refractivity contribution is 0.224. The quantitative estimate of drug-likeness (QED) is 0.835. The Morgan fingerprint density at radius 2 is 2.17 bits per heavy atom. The zero-order valence-electron chi connectivity index (χ0n) is 9.88. The lowest BCUT2D eigenvalue weighted by Gasteiger charge is -2.40.